The highest BCUT2D eigenvalue weighted by molar-refractivity contribution is 8.01. The third-order valence-electron chi connectivity index (χ3n) is 4.04. The topological polar surface area (TPSA) is 45.5 Å². The van der Waals surface area contributed by atoms with Crippen molar-refractivity contribution in [2.75, 3.05) is 0 Å². The number of benzene rings is 2. The van der Waals surface area contributed by atoms with E-state index >= 15 is 0 Å². The molecule has 1 atom stereocenters. The minimum atomic E-state index is -0.393. The number of pyridine rings is 1. The van der Waals surface area contributed by atoms with Crippen LogP contribution in [-0.4, -0.2) is 21.1 Å². The van der Waals surface area contributed by atoms with Crippen LogP contribution in [0, 0.1) is 5.82 Å². The summed E-state index contributed by atoms with van der Waals surface area (Å²) >= 11 is 1.66. The van der Waals surface area contributed by atoms with Gasteiger partial charge in [0.05, 0.1) is 16.6 Å². The summed E-state index contributed by atoms with van der Waals surface area (Å²) in [7, 11) is 0. The molecule has 0 amide bonds. The summed E-state index contributed by atoms with van der Waals surface area (Å²) in [6.45, 7) is 0. The van der Waals surface area contributed by atoms with Crippen molar-refractivity contribution in [1.29, 1.82) is 0 Å². The molecule has 1 unspecified atom stereocenters. The maximum absolute atomic E-state index is 13.8. The summed E-state index contributed by atoms with van der Waals surface area (Å²) in [6.07, 6.45) is 2.40. The standard InChI is InChI=1S/C20H15FN2OS/c21-13-8-9-17(24)15(11-13)20-19(12-14-5-3-4-10-22-14)25-18-7-2-1-6-16(18)23-20/h1-11,19,24H,12H2. The predicted molar refractivity (Wildman–Crippen MR) is 98.3 cm³/mol. The van der Waals surface area contributed by atoms with Crippen molar-refractivity contribution in [1.82, 2.24) is 4.98 Å². The summed E-state index contributed by atoms with van der Waals surface area (Å²) in [6, 6.07) is 17.6. The average molecular weight is 350 g/mol. The molecule has 0 bridgehead atoms. The molecule has 0 saturated carbocycles. The molecule has 0 fully saturated rings. The van der Waals surface area contributed by atoms with Crippen LogP contribution < -0.4 is 0 Å². The van der Waals surface area contributed by atoms with Gasteiger partial charge in [-0.25, -0.2) is 4.39 Å². The van der Waals surface area contributed by atoms with E-state index in [1.807, 2.05) is 42.5 Å². The lowest BCUT2D eigenvalue weighted by Crippen LogP contribution is -2.24. The molecule has 0 saturated heterocycles. The van der Waals surface area contributed by atoms with Gasteiger partial charge in [0.15, 0.2) is 0 Å². The number of aliphatic imine (C=N–C) groups is 1. The number of hydrogen-bond acceptors (Lipinski definition) is 4. The van der Waals surface area contributed by atoms with E-state index in [4.69, 9.17) is 4.99 Å². The van der Waals surface area contributed by atoms with Gasteiger partial charge in [-0.05, 0) is 42.5 Å². The Morgan fingerprint density at radius 1 is 1.04 bits per heavy atom. The first kappa shape index (κ1) is 15.8. The lowest BCUT2D eigenvalue weighted by atomic mass is 10.0. The zero-order valence-electron chi connectivity index (χ0n) is 13.3. The molecular weight excluding hydrogens is 335 g/mol. The Labute approximate surface area is 149 Å². The van der Waals surface area contributed by atoms with Crippen molar-refractivity contribution in [2.45, 2.75) is 16.6 Å². The molecule has 3 aromatic rings. The van der Waals surface area contributed by atoms with Gasteiger partial charge >= 0.3 is 0 Å². The summed E-state index contributed by atoms with van der Waals surface area (Å²) < 4.78 is 13.8. The summed E-state index contributed by atoms with van der Waals surface area (Å²) in [4.78, 5) is 10.2. The van der Waals surface area contributed by atoms with Crippen LogP contribution in [0.2, 0.25) is 0 Å². The fourth-order valence-corrected chi connectivity index (χ4v) is 4.10. The first-order valence-electron chi connectivity index (χ1n) is 7.94. The van der Waals surface area contributed by atoms with Crippen LogP contribution >= 0.6 is 11.8 Å². The normalized spacial score (nSPS) is 16.2. The number of halogens is 1. The van der Waals surface area contributed by atoms with Gasteiger partial charge in [-0.1, -0.05) is 18.2 Å². The summed E-state index contributed by atoms with van der Waals surface area (Å²) in [5.74, 6) is -0.359. The number of rotatable bonds is 3. The molecule has 124 valence electrons. The van der Waals surface area contributed by atoms with Crippen molar-refractivity contribution in [3.63, 3.8) is 0 Å². The largest absolute Gasteiger partial charge is 0.507 e. The van der Waals surface area contributed by atoms with E-state index in [1.54, 1.807) is 18.0 Å². The molecule has 4 rings (SSSR count). The van der Waals surface area contributed by atoms with Gasteiger partial charge in [0, 0.05) is 28.8 Å². The van der Waals surface area contributed by atoms with Crippen LogP contribution in [0.15, 0.2) is 76.7 Å². The third kappa shape index (κ3) is 3.28. The number of aromatic hydroxyl groups is 1. The first-order valence-corrected chi connectivity index (χ1v) is 8.82. The Morgan fingerprint density at radius 3 is 2.72 bits per heavy atom. The number of phenolic OH excluding ortho intramolecular Hbond substituents is 1. The summed E-state index contributed by atoms with van der Waals surface area (Å²) in [5.41, 5.74) is 2.88. The van der Waals surface area contributed by atoms with Crippen molar-refractivity contribution < 1.29 is 9.50 Å². The molecule has 3 nitrogen and oxygen atoms in total. The molecule has 1 aliphatic heterocycles. The fraction of sp³-hybridized carbons (Fsp3) is 0.100. The number of para-hydroxylation sites is 1. The van der Waals surface area contributed by atoms with Crippen molar-refractivity contribution in [3.05, 3.63) is 83.9 Å². The molecular formula is C20H15FN2OS. The quantitative estimate of drug-likeness (QED) is 0.740. The SMILES string of the molecule is Oc1ccc(F)cc1C1=Nc2ccccc2SC1Cc1ccccn1. The Hall–Kier alpha value is -2.66. The highest BCUT2D eigenvalue weighted by atomic mass is 32.2. The van der Waals surface area contributed by atoms with Gasteiger partial charge in [0.1, 0.15) is 11.6 Å². The molecule has 5 heteroatoms. The van der Waals surface area contributed by atoms with E-state index in [9.17, 15) is 9.50 Å². The highest BCUT2D eigenvalue weighted by Crippen LogP contribution is 2.41. The molecule has 0 spiro atoms. The molecule has 1 N–H and O–H groups in total. The minimum Gasteiger partial charge on any atom is -0.507 e. The molecule has 1 aliphatic rings. The van der Waals surface area contributed by atoms with Gasteiger partial charge in [-0.15, -0.1) is 11.8 Å². The van der Waals surface area contributed by atoms with Crippen LogP contribution in [-0.2, 0) is 6.42 Å². The second kappa shape index (κ2) is 6.69. The number of nitrogens with zero attached hydrogens (tertiary/aromatic N) is 2. The fourth-order valence-electron chi connectivity index (χ4n) is 2.85. The second-order valence-electron chi connectivity index (χ2n) is 5.76. The van der Waals surface area contributed by atoms with E-state index in [0.717, 1.165) is 16.3 Å². The Morgan fingerprint density at radius 2 is 1.88 bits per heavy atom. The Bertz CT molecular complexity index is 943. The van der Waals surface area contributed by atoms with Crippen LogP contribution in [0.4, 0.5) is 10.1 Å². The average Bonchev–Trinajstić information content (AvgIpc) is 2.64. The van der Waals surface area contributed by atoms with Crippen LogP contribution in [0.3, 0.4) is 0 Å². The van der Waals surface area contributed by atoms with Crippen LogP contribution in [0.5, 0.6) is 5.75 Å². The van der Waals surface area contributed by atoms with Gasteiger partial charge in [-0.3, -0.25) is 9.98 Å². The maximum atomic E-state index is 13.8. The molecule has 2 heterocycles. The third-order valence-corrected chi connectivity index (χ3v) is 5.31. The van der Waals surface area contributed by atoms with Gasteiger partial charge in [-0.2, -0.15) is 0 Å². The zero-order chi connectivity index (χ0) is 17.2. The van der Waals surface area contributed by atoms with Gasteiger partial charge in [0.25, 0.3) is 0 Å². The van der Waals surface area contributed by atoms with Crippen LogP contribution in [0.25, 0.3) is 0 Å². The molecule has 1 aromatic heterocycles. The van der Waals surface area contributed by atoms with E-state index in [1.165, 1.54) is 18.2 Å². The van der Waals surface area contributed by atoms with E-state index in [2.05, 4.69) is 4.98 Å². The number of aromatic nitrogens is 1. The van der Waals surface area contributed by atoms with E-state index in [0.29, 0.717) is 17.7 Å². The first-order chi connectivity index (χ1) is 12.2. The van der Waals surface area contributed by atoms with Crippen molar-refractivity contribution in [2.24, 2.45) is 4.99 Å². The predicted octanol–water partition coefficient (Wildman–Crippen LogP) is 4.76. The Balaban J connectivity index is 1.80. The lowest BCUT2D eigenvalue weighted by molar-refractivity contribution is 0.471. The molecule has 25 heavy (non-hydrogen) atoms. The number of fused-ring (bicyclic) bond motifs is 1. The second-order valence-corrected chi connectivity index (χ2v) is 7.00. The van der Waals surface area contributed by atoms with E-state index in [-0.39, 0.29) is 11.0 Å². The van der Waals surface area contributed by atoms with E-state index < -0.39 is 5.82 Å². The number of thioether (sulfide) groups is 1. The Kier molecular flexibility index (Phi) is 4.24. The highest BCUT2D eigenvalue weighted by Gasteiger charge is 2.27. The lowest BCUT2D eigenvalue weighted by Gasteiger charge is -2.25. The number of hydrogen-bond donors (Lipinski definition) is 1. The van der Waals surface area contributed by atoms with Crippen LogP contribution in [0.1, 0.15) is 11.3 Å². The van der Waals surface area contributed by atoms with Gasteiger partial charge in [0.2, 0.25) is 0 Å². The maximum Gasteiger partial charge on any atom is 0.124 e. The zero-order valence-corrected chi connectivity index (χ0v) is 14.1. The molecule has 2 aromatic carbocycles. The summed E-state index contributed by atoms with van der Waals surface area (Å²) in [5, 5.41) is 10.2. The number of phenols is 1. The van der Waals surface area contributed by atoms with Crippen molar-refractivity contribution in [3.8, 4) is 5.75 Å². The molecule has 0 radical (unpaired) electrons. The van der Waals surface area contributed by atoms with Gasteiger partial charge < -0.3 is 5.11 Å². The minimum absolute atomic E-state index is 0.0335. The monoisotopic (exact) mass is 350 g/mol. The molecule has 0 aliphatic carbocycles. The van der Waals surface area contributed by atoms with Crippen molar-refractivity contribution >= 4 is 23.2 Å². The smallest absolute Gasteiger partial charge is 0.124 e.